The van der Waals surface area contributed by atoms with Crippen molar-refractivity contribution in [1.82, 2.24) is 0 Å². The lowest BCUT2D eigenvalue weighted by molar-refractivity contribution is -0.153. The summed E-state index contributed by atoms with van der Waals surface area (Å²) in [5.74, 6) is -1.94. The lowest BCUT2D eigenvalue weighted by atomic mass is 9.97. The number of hydrogen-bond donors (Lipinski definition) is 1. The fourth-order valence-electron chi connectivity index (χ4n) is 0.525. The van der Waals surface area contributed by atoms with Gasteiger partial charge in [0.05, 0.1) is 0 Å². The molecule has 0 aliphatic carbocycles. The third kappa shape index (κ3) is 1.64. The number of aliphatic hydroxyl groups is 1. The van der Waals surface area contributed by atoms with E-state index in [9.17, 15) is 14.4 Å². The molecule has 0 atom stereocenters. The van der Waals surface area contributed by atoms with Gasteiger partial charge >= 0.3 is 0 Å². The van der Waals surface area contributed by atoms with Crippen molar-refractivity contribution in [3.63, 3.8) is 0 Å². The Kier molecular flexibility index (Phi) is 2.90. The summed E-state index contributed by atoms with van der Waals surface area (Å²) in [6.45, 7) is 1.84. The van der Waals surface area contributed by atoms with Gasteiger partial charge in [-0.05, 0) is 25.4 Å². The predicted molar refractivity (Wildman–Crippen MR) is 37.2 cm³/mol. The Morgan fingerprint density at radius 3 is 1.45 bits per heavy atom. The van der Waals surface area contributed by atoms with E-state index in [2.05, 4.69) is 0 Å². The molecule has 0 rings (SSSR count). The molecule has 0 bridgehead atoms. The molecule has 62 valence electrons. The molecule has 11 heavy (non-hydrogen) atoms. The minimum Gasteiger partial charge on any atom is -0.368 e. The Labute approximate surface area is 68.1 Å². The molecule has 0 saturated heterocycles. The Hall–Kier alpha value is -0.740. The van der Waals surface area contributed by atoms with Gasteiger partial charge in [0.2, 0.25) is 0 Å². The van der Waals surface area contributed by atoms with E-state index in [1.807, 2.05) is 0 Å². The molecule has 0 aliphatic rings. The van der Waals surface area contributed by atoms with Gasteiger partial charge in [0.25, 0.3) is 10.8 Å². The van der Waals surface area contributed by atoms with E-state index >= 15 is 0 Å². The van der Waals surface area contributed by atoms with Gasteiger partial charge in [-0.25, -0.2) is 0 Å². The van der Waals surface area contributed by atoms with Gasteiger partial charge in [0.1, 0.15) is 0 Å². The first kappa shape index (κ1) is 10.3. The standard InChI is InChI=1S/C6H7ClO4/c1-3(8)6(11,4(2)9)5(7)10/h11H,1-2H3. The molecule has 0 aromatic carbocycles. The van der Waals surface area contributed by atoms with Gasteiger partial charge in [-0.2, -0.15) is 0 Å². The molecule has 5 heteroatoms. The fraction of sp³-hybridized carbons (Fsp3) is 0.500. The molecule has 1 N–H and O–H groups in total. The van der Waals surface area contributed by atoms with Crippen molar-refractivity contribution < 1.29 is 19.5 Å². The number of Topliss-reactive ketones (excluding diaryl/α,β-unsaturated/α-hetero) is 2. The van der Waals surface area contributed by atoms with Crippen LogP contribution in [-0.2, 0) is 14.4 Å². The highest BCUT2D eigenvalue weighted by Gasteiger charge is 2.44. The Morgan fingerprint density at radius 2 is 1.45 bits per heavy atom. The molecule has 0 radical (unpaired) electrons. The van der Waals surface area contributed by atoms with Gasteiger partial charge in [-0.15, -0.1) is 0 Å². The normalized spacial score (nSPS) is 10.9. The maximum atomic E-state index is 10.6. The fourth-order valence-corrected chi connectivity index (χ4v) is 0.791. The molecule has 0 saturated carbocycles. The van der Waals surface area contributed by atoms with Gasteiger partial charge in [0.15, 0.2) is 11.6 Å². The Balaban J connectivity index is 4.99. The van der Waals surface area contributed by atoms with Crippen LogP contribution in [0.3, 0.4) is 0 Å². The van der Waals surface area contributed by atoms with Gasteiger partial charge in [-0.3, -0.25) is 14.4 Å². The van der Waals surface area contributed by atoms with E-state index in [0.717, 1.165) is 13.8 Å². The van der Waals surface area contributed by atoms with Crippen LogP contribution in [0.1, 0.15) is 13.8 Å². The van der Waals surface area contributed by atoms with E-state index in [-0.39, 0.29) is 0 Å². The highest BCUT2D eigenvalue weighted by Crippen LogP contribution is 2.11. The molecule has 0 aromatic rings. The van der Waals surface area contributed by atoms with Gasteiger partial charge in [0, 0.05) is 0 Å². The van der Waals surface area contributed by atoms with Crippen molar-refractivity contribution in [2.75, 3.05) is 0 Å². The third-order valence-corrected chi connectivity index (χ3v) is 1.58. The van der Waals surface area contributed by atoms with Crippen LogP contribution in [0.5, 0.6) is 0 Å². The number of halogens is 1. The van der Waals surface area contributed by atoms with E-state index in [1.54, 1.807) is 0 Å². The SMILES string of the molecule is CC(=O)C(O)(C(C)=O)C(=O)Cl. The monoisotopic (exact) mass is 178 g/mol. The summed E-state index contributed by atoms with van der Waals surface area (Å²) >= 11 is 4.84. The zero-order chi connectivity index (χ0) is 9.23. The zero-order valence-corrected chi connectivity index (χ0v) is 6.81. The smallest absolute Gasteiger partial charge is 0.268 e. The van der Waals surface area contributed by atoms with Crippen LogP contribution < -0.4 is 0 Å². The maximum Gasteiger partial charge on any atom is 0.268 e. The first-order chi connectivity index (χ1) is 4.83. The topological polar surface area (TPSA) is 71.4 Å². The van der Waals surface area contributed by atoms with Crippen molar-refractivity contribution in [2.24, 2.45) is 0 Å². The Morgan fingerprint density at radius 1 is 1.18 bits per heavy atom. The zero-order valence-electron chi connectivity index (χ0n) is 6.05. The highest BCUT2D eigenvalue weighted by atomic mass is 35.5. The minimum absolute atomic E-state index is 0.918. The molecule has 0 amide bonds. The second-order valence-corrected chi connectivity index (χ2v) is 2.44. The number of carbonyl (C=O) groups excluding carboxylic acids is 3. The lowest BCUT2D eigenvalue weighted by Crippen LogP contribution is -2.49. The summed E-state index contributed by atoms with van der Waals surface area (Å²) in [5.41, 5.74) is -2.65. The summed E-state index contributed by atoms with van der Waals surface area (Å²) in [6, 6.07) is 0. The highest BCUT2D eigenvalue weighted by molar-refractivity contribution is 6.70. The second-order valence-electron chi connectivity index (χ2n) is 2.10. The predicted octanol–water partition coefficient (Wildman–Crippen LogP) is -0.339. The van der Waals surface area contributed by atoms with Gasteiger partial charge < -0.3 is 5.11 Å². The second kappa shape index (κ2) is 3.11. The van der Waals surface area contributed by atoms with Crippen molar-refractivity contribution in [1.29, 1.82) is 0 Å². The summed E-state index contributed by atoms with van der Waals surface area (Å²) in [4.78, 5) is 31.6. The molecule has 0 heterocycles. The molecule has 0 spiro atoms. The quantitative estimate of drug-likeness (QED) is 0.474. The van der Waals surface area contributed by atoms with Crippen molar-refractivity contribution in [3.8, 4) is 0 Å². The average molecular weight is 179 g/mol. The molecule has 0 unspecified atom stereocenters. The van der Waals surface area contributed by atoms with Crippen LogP contribution in [0.25, 0.3) is 0 Å². The largest absolute Gasteiger partial charge is 0.368 e. The first-order valence-corrected chi connectivity index (χ1v) is 3.15. The molecule has 4 nitrogen and oxygen atoms in total. The number of carbonyl (C=O) groups is 3. The van der Waals surface area contributed by atoms with Crippen LogP contribution in [0.15, 0.2) is 0 Å². The third-order valence-electron chi connectivity index (χ3n) is 1.30. The van der Waals surface area contributed by atoms with Crippen LogP contribution in [0.4, 0.5) is 0 Å². The molecular formula is C6H7ClO4. The van der Waals surface area contributed by atoms with Crippen LogP contribution >= 0.6 is 11.6 Å². The maximum absolute atomic E-state index is 10.6. The van der Waals surface area contributed by atoms with Crippen molar-refractivity contribution >= 4 is 28.4 Å². The minimum atomic E-state index is -2.65. The summed E-state index contributed by atoms with van der Waals surface area (Å²) in [5, 5.41) is 7.70. The summed E-state index contributed by atoms with van der Waals surface area (Å²) in [7, 11) is 0. The molecular weight excluding hydrogens is 172 g/mol. The van der Waals surface area contributed by atoms with E-state index in [1.165, 1.54) is 0 Å². The molecule has 0 aromatic heterocycles. The van der Waals surface area contributed by atoms with Crippen LogP contribution in [0, 0.1) is 0 Å². The number of rotatable bonds is 3. The summed E-state index contributed by atoms with van der Waals surface area (Å²) in [6.07, 6.45) is 0. The van der Waals surface area contributed by atoms with Crippen molar-refractivity contribution in [2.45, 2.75) is 19.4 Å². The lowest BCUT2D eigenvalue weighted by Gasteiger charge is -2.15. The van der Waals surface area contributed by atoms with Crippen molar-refractivity contribution in [3.05, 3.63) is 0 Å². The Bertz CT molecular complexity index is 185. The molecule has 0 aliphatic heterocycles. The average Bonchev–Trinajstić information content (AvgIpc) is 1.84. The van der Waals surface area contributed by atoms with Gasteiger partial charge in [-0.1, -0.05) is 0 Å². The van der Waals surface area contributed by atoms with Crippen LogP contribution in [0.2, 0.25) is 0 Å². The summed E-state index contributed by atoms with van der Waals surface area (Å²) < 4.78 is 0. The van der Waals surface area contributed by atoms with E-state index in [0.29, 0.717) is 0 Å². The van der Waals surface area contributed by atoms with Crippen LogP contribution in [-0.4, -0.2) is 27.5 Å². The van der Waals surface area contributed by atoms with E-state index < -0.39 is 22.4 Å². The number of ketones is 2. The van der Waals surface area contributed by atoms with E-state index in [4.69, 9.17) is 16.7 Å². The molecule has 0 fully saturated rings. The number of hydrogen-bond acceptors (Lipinski definition) is 4. The first-order valence-electron chi connectivity index (χ1n) is 2.77.